The Kier molecular flexibility index (Phi) is 4.51. The summed E-state index contributed by atoms with van der Waals surface area (Å²) in [5.41, 5.74) is 0.762. The molecular weight excluding hydrogens is 254 g/mol. The van der Waals surface area contributed by atoms with Crippen LogP contribution >= 0.6 is 15.9 Å². The van der Waals surface area contributed by atoms with E-state index in [0.29, 0.717) is 6.42 Å². The molecule has 0 spiro atoms. The van der Waals surface area contributed by atoms with E-state index in [1.165, 1.54) is 0 Å². The Labute approximate surface area is 98.0 Å². The second-order valence-corrected chi connectivity index (χ2v) is 4.15. The standard InChI is InChI=1S/C12H12BrNO/c1-2-5-12(15)10(8-14)9-6-3-4-7-11(9)13/h3-4,6-7,10H,2,5H2,1H3. The normalized spacial score (nSPS) is 11.8. The van der Waals surface area contributed by atoms with Gasteiger partial charge in [0.15, 0.2) is 5.78 Å². The molecule has 0 radical (unpaired) electrons. The summed E-state index contributed by atoms with van der Waals surface area (Å²) in [5, 5.41) is 9.01. The van der Waals surface area contributed by atoms with E-state index >= 15 is 0 Å². The van der Waals surface area contributed by atoms with Crippen LogP contribution in [-0.4, -0.2) is 5.78 Å². The highest BCUT2D eigenvalue weighted by Crippen LogP contribution is 2.26. The number of carbonyl (C=O) groups excluding carboxylic acids is 1. The van der Waals surface area contributed by atoms with Crippen molar-refractivity contribution >= 4 is 21.7 Å². The SMILES string of the molecule is CCCC(=O)C(C#N)c1ccccc1Br. The first-order valence-electron chi connectivity index (χ1n) is 4.87. The molecule has 0 aliphatic heterocycles. The molecule has 0 aliphatic rings. The molecule has 0 heterocycles. The van der Waals surface area contributed by atoms with Gasteiger partial charge in [-0.25, -0.2) is 0 Å². The molecule has 78 valence electrons. The van der Waals surface area contributed by atoms with Gasteiger partial charge < -0.3 is 0 Å². The summed E-state index contributed by atoms with van der Waals surface area (Å²) in [5.74, 6) is -0.646. The third kappa shape index (κ3) is 2.90. The fourth-order valence-corrected chi connectivity index (χ4v) is 1.93. The molecule has 0 fully saturated rings. The maximum Gasteiger partial charge on any atom is 0.154 e. The average molecular weight is 266 g/mol. The molecule has 0 bridgehead atoms. The van der Waals surface area contributed by atoms with Crippen LogP contribution in [-0.2, 0) is 4.79 Å². The number of ketones is 1. The number of benzene rings is 1. The van der Waals surface area contributed by atoms with Crippen molar-refractivity contribution in [2.75, 3.05) is 0 Å². The quantitative estimate of drug-likeness (QED) is 0.837. The van der Waals surface area contributed by atoms with Crippen molar-refractivity contribution in [3.8, 4) is 6.07 Å². The minimum atomic E-state index is -0.638. The van der Waals surface area contributed by atoms with Gasteiger partial charge in [-0.15, -0.1) is 0 Å². The third-order valence-corrected chi connectivity index (χ3v) is 2.89. The average Bonchev–Trinajstić information content (AvgIpc) is 2.22. The molecule has 1 unspecified atom stereocenters. The molecule has 1 atom stereocenters. The molecule has 0 saturated heterocycles. The number of rotatable bonds is 4. The molecular formula is C12H12BrNO. The smallest absolute Gasteiger partial charge is 0.154 e. The van der Waals surface area contributed by atoms with Crippen molar-refractivity contribution in [3.05, 3.63) is 34.3 Å². The Morgan fingerprint density at radius 3 is 2.73 bits per heavy atom. The fraction of sp³-hybridized carbons (Fsp3) is 0.333. The Bertz CT molecular complexity index is 395. The Hall–Kier alpha value is -1.14. The molecule has 0 aliphatic carbocycles. The number of halogens is 1. The van der Waals surface area contributed by atoms with Crippen LogP contribution in [0.4, 0.5) is 0 Å². The van der Waals surface area contributed by atoms with E-state index in [2.05, 4.69) is 22.0 Å². The maximum absolute atomic E-state index is 11.7. The molecule has 3 heteroatoms. The first kappa shape index (κ1) is 11.9. The molecule has 0 amide bonds. The largest absolute Gasteiger partial charge is 0.298 e. The lowest BCUT2D eigenvalue weighted by Crippen LogP contribution is -2.10. The summed E-state index contributed by atoms with van der Waals surface area (Å²) in [7, 11) is 0. The summed E-state index contributed by atoms with van der Waals surface area (Å²) >= 11 is 3.35. The van der Waals surface area contributed by atoms with E-state index in [-0.39, 0.29) is 5.78 Å². The van der Waals surface area contributed by atoms with Crippen molar-refractivity contribution in [2.45, 2.75) is 25.7 Å². The van der Waals surface area contributed by atoms with E-state index in [0.717, 1.165) is 16.5 Å². The van der Waals surface area contributed by atoms with Crippen LogP contribution in [0.15, 0.2) is 28.7 Å². The maximum atomic E-state index is 11.7. The van der Waals surface area contributed by atoms with Crippen LogP contribution in [0.3, 0.4) is 0 Å². The van der Waals surface area contributed by atoms with Gasteiger partial charge in [0.25, 0.3) is 0 Å². The zero-order valence-electron chi connectivity index (χ0n) is 8.53. The first-order chi connectivity index (χ1) is 7.20. The third-order valence-electron chi connectivity index (χ3n) is 2.16. The van der Waals surface area contributed by atoms with Gasteiger partial charge in [0, 0.05) is 10.9 Å². The lowest BCUT2D eigenvalue weighted by atomic mass is 9.94. The van der Waals surface area contributed by atoms with E-state index in [1.807, 2.05) is 31.2 Å². The molecule has 2 nitrogen and oxygen atoms in total. The van der Waals surface area contributed by atoms with Crippen molar-refractivity contribution in [1.29, 1.82) is 5.26 Å². The van der Waals surface area contributed by atoms with E-state index in [4.69, 9.17) is 5.26 Å². The highest BCUT2D eigenvalue weighted by molar-refractivity contribution is 9.10. The van der Waals surface area contributed by atoms with Gasteiger partial charge in [0.2, 0.25) is 0 Å². The molecule has 15 heavy (non-hydrogen) atoms. The van der Waals surface area contributed by atoms with Crippen molar-refractivity contribution in [2.24, 2.45) is 0 Å². The lowest BCUT2D eigenvalue weighted by molar-refractivity contribution is -0.119. The lowest BCUT2D eigenvalue weighted by Gasteiger charge is -2.09. The Morgan fingerprint density at radius 2 is 2.20 bits per heavy atom. The van der Waals surface area contributed by atoms with Gasteiger partial charge in [-0.2, -0.15) is 5.26 Å². The summed E-state index contributed by atoms with van der Waals surface area (Å²) in [4.78, 5) is 11.7. The molecule has 0 aromatic heterocycles. The summed E-state index contributed by atoms with van der Waals surface area (Å²) in [6, 6.07) is 9.43. The van der Waals surface area contributed by atoms with Crippen LogP contribution in [0, 0.1) is 11.3 Å². The highest BCUT2D eigenvalue weighted by Gasteiger charge is 2.20. The van der Waals surface area contributed by atoms with Crippen LogP contribution in [0.1, 0.15) is 31.2 Å². The van der Waals surface area contributed by atoms with Crippen LogP contribution in [0.5, 0.6) is 0 Å². The minimum Gasteiger partial charge on any atom is -0.298 e. The number of hydrogen-bond acceptors (Lipinski definition) is 2. The highest BCUT2D eigenvalue weighted by atomic mass is 79.9. The van der Waals surface area contributed by atoms with Crippen LogP contribution in [0.25, 0.3) is 0 Å². The molecule has 1 aromatic rings. The second-order valence-electron chi connectivity index (χ2n) is 3.30. The van der Waals surface area contributed by atoms with Gasteiger partial charge >= 0.3 is 0 Å². The van der Waals surface area contributed by atoms with E-state index < -0.39 is 5.92 Å². The topological polar surface area (TPSA) is 40.9 Å². The minimum absolute atomic E-state index is 0.00750. The molecule has 0 N–H and O–H groups in total. The van der Waals surface area contributed by atoms with E-state index in [1.54, 1.807) is 0 Å². The zero-order valence-corrected chi connectivity index (χ0v) is 10.1. The second kappa shape index (κ2) is 5.67. The Balaban J connectivity index is 2.99. The number of Topliss-reactive ketones (excluding diaryl/α,β-unsaturated/α-hetero) is 1. The van der Waals surface area contributed by atoms with Crippen LogP contribution in [0.2, 0.25) is 0 Å². The predicted molar refractivity (Wildman–Crippen MR) is 62.4 cm³/mol. The van der Waals surface area contributed by atoms with Crippen LogP contribution < -0.4 is 0 Å². The Morgan fingerprint density at radius 1 is 1.53 bits per heavy atom. The first-order valence-corrected chi connectivity index (χ1v) is 5.66. The number of hydrogen-bond donors (Lipinski definition) is 0. The van der Waals surface area contributed by atoms with Gasteiger partial charge in [0.05, 0.1) is 6.07 Å². The molecule has 1 aromatic carbocycles. The number of nitrogens with zero attached hydrogens (tertiary/aromatic N) is 1. The molecule has 1 rings (SSSR count). The van der Waals surface area contributed by atoms with Crippen molar-refractivity contribution in [3.63, 3.8) is 0 Å². The van der Waals surface area contributed by atoms with Gasteiger partial charge in [0.1, 0.15) is 5.92 Å². The molecule has 0 saturated carbocycles. The van der Waals surface area contributed by atoms with Crippen molar-refractivity contribution in [1.82, 2.24) is 0 Å². The van der Waals surface area contributed by atoms with Gasteiger partial charge in [-0.05, 0) is 18.1 Å². The van der Waals surface area contributed by atoms with Crippen molar-refractivity contribution < 1.29 is 4.79 Å². The summed E-state index contributed by atoms with van der Waals surface area (Å²) in [6.07, 6.45) is 1.24. The zero-order chi connectivity index (χ0) is 11.3. The summed E-state index contributed by atoms with van der Waals surface area (Å²) < 4.78 is 0.820. The predicted octanol–water partition coefficient (Wildman–Crippen LogP) is 3.43. The number of nitriles is 1. The van der Waals surface area contributed by atoms with Gasteiger partial charge in [-0.3, -0.25) is 4.79 Å². The van der Waals surface area contributed by atoms with Gasteiger partial charge in [-0.1, -0.05) is 41.1 Å². The fourth-order valence-electron chi connectivity index (χ4n) is 1.41. The number of carbonyl (C=O) groups is 1. The summed E-state index contributed by atoms with van der Waals surface area (Å²) in [6.45, 7) is 1.94. The monoisotopic (exact) mass is 265 g/mol. The van der Waals surface area contributed by atoms with E-state index in [9.17, 15) is 4.79 Å².